The highest BCUT2D eigenvalue weighted by atomic mass is 32.2. The highest BCUT2D eigenvalue weighted by Gasteiger charge is 2.24. The first kappa shape index (κ1) is 35.1. The van der Waals surface area contributed by atoms with E-state index in [2.05, 4.69) is 16.0 Å². The van der Waals surface area contributed by atoms with Gasteiger partial charge >= 0.3 is 0 Å². The predicted octanol–water partition coefficient (Wildman–Crippen LogP) is 8.33. The number of rotatable bonds is 12. The third-order valence-electron chi connectivity index (χ3n) is 7.99. The van der Waals surface area contributed by atoms with Gasteiger partial charge in [-0.25, -0.2) is 0 Å². The molecule has 0 aliphatic heterocycles. The Kier molecular flexibility index (Phi) is 11.3. The molecular formula is C43H34N4O4S. The van der Waals surface area contributed by atoms with Crippen molar-refractivity contribution in [1.29, 1.82) is 0 Å². The first-order chi connectivity index (χ1) is 25.3. The lowest BCUT2D eigenvalue weighted by atomic mass is 10.0. The Morgan fingerprint density at radius 1 is 0.615 bits per heavy atom. The Morgan fingerprint density at radius 2 is 1.23 bits per heavy atom. The summed E-state index contributed by atoms with van der Waals surface area (Å²) in [6.07, 6.45) is 1.63. The Hall–Kier alpha value is -6.71. The molecule has 6 aromatic rings. The van der Waals surface area contributed by atoms with Gasteiger partial charge in [0.15, 0.2) is 0 Å². The van der Waals surface area contributed by atoms with Gasteiger partial charge in [-0.15, -0.1) is 11.8 Å². The number of hydrogen-bond acceptors (Lipinski definition) is 5. The zero-order chi connectivity index (χ0) is 36.3. The Labute approximate surface area is 305 Å². The fourth-order valence-corrected chi connectivity index (χ4v) is 6.48. The van der Waals surface area contributed by atoms with Gasteiger partial charge in [0.05, 0.1) is 11.3 Å². The van der Waals surface area contributed by atoms with E-state index in [9.17, 15) is 19.2 Å². The molecule has 0 aromatic heterocycles. The number of amides is 4. The third-order valence-corrected chi connectivity index (χ3v) is 9.24. The summed E-state index contributed by atoms with van der Waals surface area (Å²) in [6, 6.07) is 49.2. The molecule has 0 aliphatic carbocycles. The predicted molar refractivity (Wildman–Crippen MR) is 207 cm³/mol. The number of carbonyl (C=O) groups is 4. The minimum atomic E-state index is -0.715. The lowest BCUT2D eigenvalue weighted by molar-refractivity contribution is -0.116. The van der Waals surface area contributed by atoms with Crippen LogP contribution in [0.15, 0.2) is 174 Å². The summed E-state index contributed by atoms with van der Waals surface area (Å²) in [6.45, 7) is 0. The molecule has 1 unspecified atom stereocenters. The fraction of sp³-hybridized carbons (Fsp3) is 0.0233. The highest BCUT2D eigenvalue weighted by Crippen LogP contribution is 2.37. The van der Waals surface area contributed by atoms with E-state index in [1.54, 1.807) is 72.8 Å². The second-order valence-electron chi connectivity index (χ2n) is 11.7. The summed E-state index contributed by atoms with van der Waals surface area (Å²) < 4.78 is 0. The van der Waals surface area contributed by atoms with E-state index in [-0.39, 0.29) is 17.2 Å². The molecule has 0 saturated heterocycles. The van der Waals surface area contributed by atoms with Crippen LogP contribution in [-0.4, -0.2) is 23.6 Å². The van der Waals surface area contributed by atoms with Crippen LogP contribution < -0.4 is 21.7 Å². The normalized spacial score (nSPS) is 11.6. The molecule has 6 rings (SSSR count). The summed E-state index contributed by atoms with van der Waals surface area (Å²) in [5.74, 6) is -1.96. The van der Waals surface area contributed by atoms with E-state index in [4.69, 9.17) is 5.73 Å². The zero-order valence-electron chi connectivity index (χ0n) is 27.9. The van der Waals surface area contributed by atoms with Gasteiger partial charge < -0.3 is 21.7 Å². The van der Waals surface area contributed by atoms with Crippen LogP contribution in [0.1, 0.15) is 37.1 Å². The number of hydrogen-bond donors (Lipinski definition) is 4. The molecule has 6 aromatic carbocycles. The number of anilines is 2. The molecule has 0 fully saturated rings. The number of primary amides is 1. The fourth-order valence-electron chi connectivity index (χ4n) is 5.40. The van der Waals surface area contributed by atoms with E-state index in [0.717, 1.165) is 22.3 Å². The number of thioether (sulfide) groups is 1. The maximum atomic E-state index is 13.8. The van der Waals surface area contributed by atoms with E-state index in [0.29, 0.717) is 21.8 Å². The molecule has 5 N–H and O–H groups in total. The van der Waals surface area contributed by atoms with Crippen LogP contribution in [0.2, 0.25) is 0 Å². The van der Waals surface area contributed by atoms with Gasteiger partial charge in [0.25, 0.3) is 17.7 Å². The first-order valence-electron chi connectivity index (χ1n) is 16.4. The Balaban J connectivity index is 1.24. The van der Waals surface area contributed by atoms with E-state index in [1.165, 1.54) is 11.8 Å². The van der Waals surface area contributed by atoms with E-state index in [1.807, 2.05) is 97.1 Å². The summed E-state index contributed by atoms with van der Waals surface area (Å²) in [5.41, 5.74) is 10.5. The van der Waals surface area contributed by atoms with Gasteiger partial charge in [0, 0.05) is 16.1 Å². The van der Waals surface area contributed by atoms with Crippen molar-refractivity contribution in [2.75, 3.05) is 10.6 Å². The molecule has 0 radical (unpaired) electrons. The maximum absolute atomic E-state index is 13.8. The van der Waals surface area contributed by atoms with Crippen LogP contribution in [-0.2, 0) is 9.59 Å². The van der Waals surface area contributed by atoms with Gasteiger partial charge in [0.1, 0.15) is 10.9 Å². The number of nitrogens with one attached hydrogen (secondary N) is 3. The monoisotopic (exact) mass is 702 g/mol. The van der Waals surface area contributed by atoms with Gasteiger partial charge in [0.2, 0.25) is 5.91 Å². The van der Waals surface area contributed by atoms with Crippen molar-refractivity contribution >= 4 is 52.8 Å². The molecule has 0 spiro atoms. The number of nitrogens with two attached hydrogens (primary N) is 1. The van der Waals surface area contributed by atoms with Crippen LogP contribution >= 0.6 is 11.8 Å². The van der Waals surface area contributed by atoms with E-state index < -0.39 is 23.0 Å². The van der Waals surface area contributed by atoms with Crippen LogP contribution in [0.5, 0.6) is 0 Å². The summed E-state index contributed by atoms with van der Waals surface area (Å²) in [5, 5.41) is 7.84. The first-order valence-corrected chi connectivity index (χ1v) is 17.3. The molecule has 1 atom stereocenters. The molecule has 256 valence electrons. The van der Waals surface area contributed by atoms with Crippen molar-refractivity contribution in [2.24, 2.45) is 5.73 Å². The zero-order valence-corrected chi connectivity index (χ0v) is 28.7. The molecule has 4 amide bonds. The second-order valence-corrected chi connectivity index (χ2v) is 12.8. The molecule has 0 saturated carbocycles. The number of benzene rings is 6. The second kappa shape index (κ2) is 16.8. The largest absolute Gasteiger partial charge is 0.366 e. The summed E-state index contributed by atoms with van der Waals surface area (Å²) >= 11 is 1.28. The standard InChI is InChI=1S/C43H34N4O4S/c44-40(48)36-21-10-11-22-37(36)46-43(51)39(32-15-6-2-7-16-32)52-35-20-12-19-34(28-35)45-42(50)38(47-41(49)33-17-8-3-9-18-33)27-29-23-25-31(26-24-29)30-13-4-1-5-14-30/h1-28,39H,(H2,44,48)(H,45,50)(H,46,51)(H,47,49)/b38-27+. The minimum Gasteiger partial charge on any atom is -0.366 e. The van der Waals surface area contributed by atoms with Crippen LogP contribution in [0.25, 0.3) is 17.2 Å². The summed E-state index contributed by atoms with van der Waals surface area (Å²) in [4.78, 5) is 53.5. The lowest BCUT2D eigenvalue weighted by Gasteiger charge is -2.18. The smallest absolute Gasteiger partial charge is 0.272 e. The average Bonchev–Trinajstić information content (AvgIpc) is 3.18. The number of para-hydroxylation sites is 1. The highest BCUT2D eigenvalue weighted by molar-refractivity contribution is 8.00. The van der Waals surface area contributed by atoms with Crippen molar-refractivity contribution in [3.63, 3.8) is 0 Å². The van der Waals surface area contributed by atoms with Crippen LogP contribution in [0.3, 0.4) is 0 Å². The van der Waals surface area contributed by atoms with Crippen LogP contribution in [0, 0.1) is 0 Å². The van der Waals surface area contributed by atoms with Crippen molar-refractivity contribution in [3.05, 3.63) is 192 Å². The van der Waals surface area contributed by atoms with Crippen molar-refractivity contribution in [3.8, 4) is 11.1 Å². The molecule has 52 heavy (non-hydrogen) atoms. The molecule has 0 aliphatic rings. The summed E-state index contributed by atoms with van der Waals surface area (Å²) in [7, 11) is 0. The quantitative estimate of drug-likeness (QED) is 0.0753. The molecule has 8 nitrogen and oxygen atoms in total. The van der Waals surface area contributed by atoms with Crippen molar-refractivity contribution in [2.45, 2.75) is 10.1 Å². The van der Waals surface area contributed by atoms with Gasteiger partial charge in [-0.05, 0) is 70.8 Å². The molecule has 0 bridgehead atoms. The van der Waals surface area contributed by atoms with Crippen LogP contribution in [0.4, 0.5) is 11.4 Å². The van der Waals surface area contributed by atoms with Gasteiger partial charge in [-0.3, -0.25) is 19.2 Å². The molecule has 0 heterocycles. The SMILES string of the molecule is NC(=O)c1ccccc1NC(=O)C(Sc1cccc(NC(=O)/C(=C\c2ccc(-c3ccccc3)cc2)NC(=O)c2ccccc2)c1)c1ccccc1. The molecular weight excluding hydrogens is 669 g/mol. The lowest BCUT2D eigenvalue weighted by Crippen LogP contribution is -2.30. The van der Waals surface area contributed by atoms with Gasteiger partial charge in [-0.1, -0.05) is 121 Å². The third kappa shape index (κ3) is 9.09. The minimum absolute atomic E-state index is 0.0500. The maximum Gasteiger partial charge on any atom is 0.272 e. The van der Waals surface area contributed by atoms with Crippen molar-refractivity contribution in [1.82, 2.24) is 5.32 Å². The van der Waals surface area contributed by atoms with Crippen molar-refractivity contribution < 1.29 is 19.2 Å². The Morgan fingerprint density at radius 3 is 1.92 bits per heavy atom. The van der Waals surface area contributed by atoms with Gasteiger partial charge in [-0.2, -0.15) is 0 Å². The topological polar surface area (TPSA) is 130 Å². The molecule has 9 heteroatoms. The number of carbonyl (C=O) groups excluding carboxylic acids is 4. The Bertz CT molecular complexity index is 2230. The van der Waals surface area contributed by atoms with E-state index >= 15 is 0 Å². The average molecular weight is 703 g/mol.